The minimum absolute atomic E-state index is 0.0377. The number of hydrogen-bond donors (Lipinski definition) is 2. The van der Waals surface area contributed by atoms with Gasteiger partial charge >= 0.3 is 0 Å². The van der Waals surface area contributed by atoms with Crippen LogP contribution in [-0.4, -0.2) is 36.8 Å². The van der Waals surface area contributed by atoms with E-state index in [9.17, 15) is 9.90 Å². The number of aliphatic hydroxyl groups excluding tert-OH is 1. The second-order valence-electron chi connectivity index (χ2n) is 6.56. The largest absolute Gasteiger partial charge is 0.393 e. The van der Waals surface area contributed by atoms with E-state index in [0.29, 0.717) is 12.1 Å². The third-order valence-electron chi connectivity index (χ3n) is 4.99. The van der Waals surface area contributed by atoms with Crippen molar-refractivity contribution < 1.29 is 9.90 Å². The highest BCUT2D eigenvalue weighted by Gasteiger charge is 2.25. The van der Waals surface area contributed by atoms with Gasteiger partial charge in [-0.1, -0.05) is 6.42 Å². The summed E-state index contributed by atoms with van der Waals surface area (Å²) in [5.41, 5.74) is 1.91. The Bertz CT molecular complexity index is 494. The molecule has 1 aromatic carbocycles. The van der Waals surface area contributed by atoms with Crippen molar-refractivity contribution in [1.82, 2.24) is 5.32 Å². The van der Waals surface area contributed by atoms with Crippen molar-refractivity contribution in [2.24, 2.45) is 5.92 Å². The normalized spacial score (nSPS) is 25.2. The maximum Gasteiger partial charge on any atom is 0.251 e. The third kappa shape index (κ3) is 3.61. The molecule has 2 aliphatic rings. The first kappa shape index (κ1) is 15.3. The highest BCUT2D eigenvalue weighted by molar-refractivity contribution is 5.94. The highest BCUT2D eigenvalue weighted by atomic mass is 16.3. The van der Waals surface area contributed by atoms with E-state index in [2.05, 4.69) is 10.2 Å². The number of amides is 1. The van der Waals surface area contributed by atoms with Crippen LogP contribution in [0, 0.1) is 5.92 Å². The first-order chi connectivity index (χ1) is 10.7. The molecule has 0 aromatic heterocycles. The van der Waals surface area contributed by atoms with Crippen molar-refractivity contribution in [2.45, 2.75) is 44.6 Å². The minimum Gasteiger partial charge on any atom is -0.393 e. The molecule has 0 spiro atoms. The van der Waals surface area contributed by atoms with Crippen LogP contribution in [0.1, 0.15) is 48.9 Å². The molecule has 2 fully saturated rings. The van der Waals surface area contributed by atoms with E-state index in [1.807, 2.05) is 24.3 Å². The number of benzene rings is 1. The molecule has 2 atom stereocenters. The Morgan fingerprint density at radius 1 is 1.09 bits per heavy atom. The lowest BCUT2D eigenvalue weighted by Crippen LogP contribution is -2.32. The maximum atomic E-state index is 12.2. The molecule has 1 aliphatic carbocycles. The molecule has 4 heteroatoms. The molecule has 1 heterocycles. The highest BCUT2D eigenvalue weighted by Crippen LogP contribution is 2.25. The summed E-state index contributed by atoms with van der Waals surface area (Å²) >= 11 is 0. The summed E-state index contributed by atoms with van der Waals surface area (Å²) in [5, 5.41) is 12.8. The van der Waals surface area contributed by atoms with E-state index >= 15 is 0 Å². The monoisotopic (exact) mass is 302 g/mol. The van der Waals surface area contributed by atoms with Crippen molar-refractivity contribution in [3.8, 4) is 0 Å². The summed E-state index contributed by atoms with van der Waals surface area (Å²) < 4.78 is 0. The topological polar surface area (TPSA) is 52.6 Å². The number of rotatable bonds is 4. The number of nitrogens with zero attached hydrogens (tertiary/aromatic N) is 1. The Labute approximate surface area is 132 Å². The molecule has 22 heavy (non-hydrogen) atoms. The van der Waals surface area contributed by atoms with Crippen LogP contribution >= 0.6 is 0 Å². The van der Waals surface area contributed by atoms with Gasteiger partial charge in [0, 0.05) is 36.8 Å². The summed E-state index contributed by atoms with van der Waals surface area (Å²) in [5.74, 6) is 0.181. The number of aliphatic hydroxyl groups is 1. The smallest absolute Gasteiger partial charge is 0.251 e. The molecule has 2 N–H and O–H groups in total. The number of nitrogens with one attached hydrogen (secondary N) is 1. The van der Waals surface area contributed by atoms with Gasteiger partial charge in [0.25, 0.3) is 5.91 Å². The Morgan fingerprint density at radius 2 is 1.82 bits per heavy atom. The van der Waals surface area contributed by atoms with Crippen LogP contribution in [0.2, 0.25) is 0 Å². The number of piperidine rings is 1. The zero-order chi connectivity index (χ0) is 15.4. The van der Waals surface area contributed by atoms with E-state index < -0.39 is 0 Å². The summed E-state index contributed by atoms with van der Waals surface area (Å²) in [6.45, 7) is 2.81. The van der Waals surface area contributed by atoms with Gasteiger partial charge in [0.05, 0.1) is 6.10 Å². The molecule has 1 aliphatic heterocycles. The molecule has 4 nitrogen and oxygen atoms in total. The molecule has 1 aromatic rings. The Hall–Kier alpha value is -1.55. The van der Waals surface area contributed by atoms with Gasteiger partial charge in [-0.05, 0) is 56.4 Å². The molecular weight excluding hydrogens is 276 g/mol. The van der Waals surface area contributed by atoms with Gasteiger partial charge in [0.15, 0.2) is 0 Å². The first-order valence-corrected chi connectivity index (χ1v) is 8.55. The summed E-state index contributed by atoms with van der Waals surface area (Å²) in [6.07, 6.45) is 6.52. The van der Waals surface area contributed by atoms with Crippen LogP contribution in [0.5, 0.6) is 0 Å². The second-order valence-corrected chi connectivity index (χ2v) is 6.56. The van der Waals surface area contributed by atoms with Crippen molar-refractivity contribution in [1.29, 1.82) is 0 Å². The lowest BCUT2D eigenvalue weighted by molar-refractivity contribution is 0.0917. The molecule has 1 saturated carbocycles. The zero-order valence-electron chi connectivity index (χ0n) is 13.1. The van der Waals surface area contributed by atoms with Crippen molar-refractivity contribution in [3.63, 3.8) is 0 Å². The summed E-state index contributed by atoms with van der Waals surface area (Å²) in [7, 11) is 0. The van der Waals surface area contributed by atoms with Crippen molar-refractivity contribution in [3.05, 3.63) is 29.8 Å². The van der Waals surface area contributed by atoms with Gasteiger partial charge in [0.1, 0.15) is 0 Å². The van der Waals surface area contributed by atoms with Crippen LogP contribution in [0.15, 0.2) is 24.3 Å². The van der Waals surface area contributed by atoms with Gasteiger partial charge < -0.3 is 15.3 Å². The fraction of sp³-hybridized carbons (Fsp3) is 0.611. The molecule has 1 amide bonds. The van der Waals surface area contributed by atoms with E-state index in [0.717, 1.165) is 32.4 Å². The third-order valence-corrected chi connectivity index (χ3v) is 4.99. The molecule has 0 radical (unpaired) electrons. The van der Waals surface area contributed by atoms with Crippen LogP contribution in [0.4, 0.5) is 5.69 Å². The standard InChI is InChI=1S/C18H26N2O2/c21-17-6-4-5-15(17)13-19-18(22)14-7-9-16(10-8-14)20-11-2-1-3-12-20/h7-10,15,17,21H,1-6,11-13H2,(H,19,22). The van der Waals surface area contributed by atoms with Crippen LogP contribution in [0.25, 0.3) is 0 Å². The average molecular weight is 302 g/mol. The predicted molar refractivity (Wildman–Crippen MR) is 88.2 cm³/mol. The Kier molecular flexibility index (Phi) is 4.98. The van der Waals surface area contributed by atoms with Crippen LogP contribution < -0.4 is 10.2 Å². The number of anilines is 1. The molecular formula is C18H26N2O2. The minimum atomic E-state index is -0.248. The van der Waals surface area contributed by atoms with E-state index in [-0.39, 0.29) is 17.9 Å². The van der Waals surface area contributed by atoms with Gasteiger partial charge in [-0.2, -0.15) is 0 Å². The quantitative estimate of drug-likeness (QED) is 0.899. The maximum absolute atomic E-state index is 12.2. The number of carbonyl (C=O) groups excluding carboxylic acids is 1. The van der Waals surface area contributed by atoms with Gasteiger partial charge in [-0.15, -0.1) is 0 Å². The summed E-state index contributed by atoms with van der Waals surface area (Å²) in [4.78, 5) is 14.6. The molecule has 120 valence electrons. The average Bonchev–Trinajstić information content (AvgIpc) is 2.99. The van der Waals surface area contributed by atoms with Crippen molar-refractivity contribution in [2.75, 3.05) is 24.5 Å². The van der Waals surface area contributed by atoms with E-state index in [1.54, 1.807) is 0 Å². The first-order valence-electron chi connectivity index (χ1n) is 8.55. The van der Waals surface area contributed by atoms with Crippen LogP contribution in [-0.2, 0) is 0 Å². The predicted octanol–water partition coefficient (Wildman–Crippen LogP) is 2.57. The number of hydrogen-bond acceptors (Lipinski definition) is 3. The SMILES string of the molecule is O=C(NCC1CCCC1O)c1ccc(N2CCCCC2)cc1. The van der Waals surface area contributed by atoms with Crippen molar-refractivity contribution >= 4 is 11.6 Å². The zero-order valence-corrected chi connectivity index (χ0v) is 13.1. The fourth-order valence-corrected chi connectivity index (χ4v) is 3.56. The Morgan fingerprint density at radius 3 is 2.45 bits per heavy atom. The van der Waals surface area contributed by atoms with Gasteiger partial charge in [-0.3, -0.25) is 4.79 Å². The van der Waals surface area contributed by atoms with E-state index in [1.165, 1.54) is 24.9 Å². The lowest BCUT2D eigenvalue weighted by atomic mass is 10.1. The lowest BCUT2D eigenvalue weighted by Gasteiger charge is -2.28. The summed E-state index contributed by atoms with van der Waals surface area (Å²) in [6, 6.07) is 7.91. The van der Waals surface area contributed by atoms with Gasteiger partial charge in [0.2, 0.25) is 0 Å². The fourth-order valence-electron chi connectivity index (χ4n) is 3.56. The van der Waals surface area contributed by atoms with E-state index in [4.69, 9.17) is 0 Å². The molecule has 0 bridgehead atoms. The molecule has 3 rings (SSSR count). The number of carbonyl (C=O) groups is 1. The molecule has 1 saturated heterocycles. The Balaban J connectivity index is 1.54. The van der Waals surface area contributed by atoms with Gasteiger partial charge in [-0.25, -0.2) is 0 Å². The van der Waals surface area contributed by atoms with Crippen LogP contribution in [0.3, 0.4) is 0 Å². The molecule has 2 unspecified atom stereocenters. The second kappa shape index (κ2) is 7.14.